The lowest BCUT2D eigenvalue weighted by Crippen LogP contribution is -2.46. The van der Waals surface area contributed by atoms with Crippen molar-refractivity contribution < 1.29 is 19.0 Å². The molecule has 0 spiro atoms. The summed E-state index contributed by atoms with van der Waals surface area (Å²) in [6.45, 7) is 3.11. The summed E-state index contributed by atoms with van der Waals surface area (Å²) in [5, 5.41) is 11.4. The first-order valence-electron chi connectivity index (χ1n) is 9.88. The van der Waals surface area contributed by atoms with Gasteiger partial charge in [-0.25, -0.2) is 4.39 Å². The highest BCUT2D eigenvalue weighted by Crippen LogP contribution is 2.48. The number of amides is 1. The van der Waals surface area contributed by atoms with Gasteiger partial charge in [0, 0.05) is 23.9 Å². The fraction of sp³-hybridized carbons (Fsp3) is 0.250. The maximum atomic E-state index is 15.6. The molecule has 5 nitrogen and oxygen atoms in total. The van der Waals surface area contributed by atoms with E-state index in [4.69, 9.17) is 27.9 Å². The number of ether oxygens (including phenoxy) is 1. The molecule has 2 aromatic carbocycles. The van der Waals surface area contributed by atoms with E-state index >= 15 is 4.39 Å². The molecule has 0 saturated carbocycles. The number of aliphatic hydroxyl groups is 1. The first kappa shape index (κ1) is 22.7. The van der Waals surface area contributed by atoms with Crippen molar-refractivity contribution in [2.24, 2.45) is 0 Å². The summed E-state index contributed by atoms with van der Waals surface area (Å²) < 4.78 is 21.6. The average Bonchev–Trinajstić information content (AvgIpc) is 2.99. The van der Waals surface area contributed by atoms with Crippen molar-refractivity contribution in [3.63, 3.8) is 0 Å². The second kappa shape index (κ2) is 8.12. The number of pyridine rings is 1. The molecule has 1 atom stereocenters. The number of nitrogens with zero attached hydrogens (tertiary/aromatic N) is 2. The van der Waals surface area contributed by atoms with Gasteiger partial charge in [0.1, 0.15) is 5.82 Å². The van der Waals surface area contributed by atoms with Gasteiger partial charge < -0.3 is 9.84 Å². The fourth-order valence-electron chi connectivity index (χ4n) is 4.05. The molecule has 0 aliphatic carbocycles. The molecule has 0 fully saturated rings. The topological polar surface area (TPSA) is 62.7 Å². The van der Waals surface area contributed by atoms with E-state index in [1.54, 1.807) is 36.4 Å². The van der Waals surface area contributed by atoms with Crippen LogP contribution in [0.3, 0.4) is 0 Å². The summed E-state index contributed by atoms with van der Waals surface area (Å²) in [5.41, 5.74) is -1.33. The van der Waals surface area contributed by atoms with Gasteiger partial charge in [0.25, 0.3) is 5.91 Å². The number of halogens is 3. The minimum absolute atomic E-state index is 0.0401. The second-order valence-corrected chi connectivity index (χ2v) is 9.03. The van der Waals surface area contributed by atoms with Gasteiger partial charge in [-0.05, 0) is 55.8 Å². The van der Waals surface area contributed by atoms with Crippen molar-refractivity contribution in [3.8, 4) is 0 Å². The van der Waals surface area contributed by atoms with Crippen LogP contribution >= 0.6 is 23.2 Å². The summed E-state index contributed by atoms with van der Waals surface area (Å²) in [5.74, 6) is -1.10. The number of methoxy groups -OCH3 is 1. The van der Waals surface area contributed by atoms with E-state index in [1.807, 2.05) is 0 Å². The van der Waals surface area contributed by atoms with Crippen LogP contribution < -0.4 is 0 Å². The minimum atomic E-state index is -1.56. The van der Waals surface area contributed by atoms with Crippen molar-refractivity contribution >= 4 is 29.1 Å². The Hall–Kier alpha value is -2.51. The van der Waals surface area contributed by atoms with E-state index < -0.39 is 23.1 Å². The summed E-state index contributed by atoms with van der Waals surface area (Å²) in [4.78, 5) is 19.3. The number of hydrogen-bond acceptors (Lipinski definition) is 4. The molecule has 1 aliphatic heterocycles. The third-order valence-corrected chi connectivity index (χ3v) is 6.11. The van der Waals surface area contributed by atoms with Crippen molar-refractivity contribution in [1.82, 2.24) is 9.88 Å². The van der Waals surface area contributed by atoms with Crippen LogP contribution in [0.25, 0.3) is 0 Å². The van der Waals surface area contributed by atoms with E-state index in [-0.39, 0.29) is 23.2 Å². The molecule has 1 aromatic heterocycles. The number of fused-ring (bicyclic) bond motifs is 1. The molecule has 1 aliphatic rings. The normalized spacial score (nSPS) is 18.2. The number of carbonyl (C=O) groups excluding carboxylic acids is 1. The largest absolute Gasteiger partial charge is 0.386 e. The molecule has 1 amide bonds. The highest BCUT2D eigenvalue weighted by atomic mass is 35.5. The van der Waals surface area contributed by atoms with Crippen LogP contribution in [-0.2, 0) is 22.6 Å². The molecule has 4 rings (SSSR count). The van der Waals surface area contributed by atoms with Crippen molar-refractivity contribution in [2.45, 2.75) is 31.7 Å². The predicted molar refractivity (Wildman–Crippen MR) is 120 cm³/mol. The summed E-state index contributed by atoms with van der Waals surface area (Å²) in [7, 11) is 1.42. The number of hydrogen-bond donors (Lipinski definition) is 1. The van der Waals surface area contributed by atoms with Gasteiger partial charge in [-0.3, -0.25) is 14.7 Å². The van der Waals surface area contributed by atoms with Crippen LogP contribution in [0.5, 0.6) is 0 Å². The molecule has 3 aromatic rings. The van der Waals surface area contributed by atoms with Gasteiger partial charge in [0.05, 0.1) is 34.0 Å². The van der Waals surface area contributed by atoms with Gasteiger partial charge in [-0.1, -0.05) is 35.3 Å². The Morgan fingerprint density at radius 2 is 1.78 bits per heavy atom. The molecule has 1 N–H and O–H groups in total. The highest BCUT2D eigenvalue weighted by molar-refractivity contribution is 6.30. The molecule has 0 radical (unpaired) electrons. The number of benzene rings is 2. The standard InChI is InChI=1S/C24H21Cl2FN2O3/c1-23(2,31)15-10-19-21(20(27)11-15)24(32-3,14-4-6-16(25)7-5-14)29(22(19)30)13-18-9-8-17(26)12-28-18/h4-12,31H,13H2,1-3H3/t24-/m1/s1. The minimum Gasteiger partial charge on any atom is -0.386 e. The lowest BCUT2D eigenvalue weighted by Gasteiger charge is -2.38. The monoisotopic (exact) mass is 474 g/mol. The highest BCUT2D eigenvalue weighted by Gasteiger charge is 2.54. The Kier molecular flexibility index (Phi) is 5.75. The zero-order valence-corrected chi connectivity index (χ0v) is 19.2. The molecule has 0 saturated heterocycles. The molecule has 32 heavy (non-hydrogen) atoms. The second-order valence-electron chi connectivity index (χ2n) is 8.15. The first-order chi connectivity index (χ1) is 15.1. The van der Waals surface area contributed by atoms with Gasteiger partial charge in [0.15, 0.2) is 5.72 Å². The molecule has 166 valence electrons. The van der Waals surface area contributed by atoms with Crippen LogP contribution in [0.1, 0.15) is 46.6 Å². The van der Waals surface area contributed by atoms with Crippen molar-refractivity contribution in [3.05, 3.63) is 98.5 Å². The zero-order chi connectivity index (χ0) is 23.3. The Morgan fingerprint density at radius 3 is 2.34 bits per heavy atom. The Labute approximate surface area is 195 Å². The molecule has 2 heterocycles. The smallest absolute Gasteiger partial charge is 0.257 e. The van der Waals surface area contributed by atoms with Gasteiger partial charge in [0.2, 0.25) is 0 Å². The summed E-state index contributed by atoms with van der Waals surface area (Å²) in [6.07, 6.45) is 1.48. The van der Waals surface area contributed by atoms with Crippen LogP contribution in [0.4, 0.5) is 4.39 Å². The molecular weight excluding hydrogens is 454 g/mol. The van der Waals surface area contributed by atoms with Crippen LogP contribution in [0.15, 0.2) is 54.7 Å². The Bertz CT molecular complexity index is 1180. The lowest BCUT2D eigenvalue weighted by molar-refractivity contribution is -0.0886. The van der Waals surface area contributed by atoms with E-state index in [1.165, 1.54) is 44.2 Å². The number of aromatic nitrogens is 1. The fourth-order valence-corrected chi connectivity index (χ4v) is 4.29. The molecular formula is C24H21Cl2FN2O3. The van der Waals surface area contributed by atoms with E-state index in [9.17, 15) is 9.90 Å². The third-order valence-electron chi connectivity index (χ3n) is 5.63. The third kappa shape index (κ3) is 3.67. The predicted octanol–water partition coefficient (Wildman–Crippen LogP) is 5.26. The molecule has 0 unspecified atom stereocenters. The lowest BCUT2D eigenvalue weighted by atomic mass is 9.89. The quantitative estimate of drug-likeness (QED) is 0.547. The average molecular weight is 475 g/mol. The van der Waals surface area contributed by atoms with Crippen LogP contribution in [-0.4, -0.2) is 28.0 Å². The molecule has 8 heteroatoms. The van der Waals surface area contributed by atoms with E-state index in [2.05, 4.69) is 4.98 Å². The summed E-state index contributed by atoms with van der Waals surface area (Å²) in [6, 6.07) is 12.8. The van der Waals surface area contributed by atoms with E-state index in [0.717, 1.165) is 0 Å². The number of carbonyl (C=O) groups is 1. The maximum absolute atomic E-state index is 15.6. The van der Waals surface area contributed by atoms with Crippen LogP contribution in [0.2, 0.25) is 10.0 Å². The van der Waals surface area contributed by atoms with E-state index in [0.29, 0.717) is 21.3 Å². The van der Waals surface area contributed by atoms with Crippen LogP contribution in [0, 0.1) is 5.82 Å². The van der Waals surface area contributed by atoms with Crippen molar-refractivity contribution in [1.29, 1.82) is 0 Å². The molecule has 0 bridgehead atoms. The van der Waals surface area contributed by atoms with Crippen molar-refractivity contribution in [2.75, 3.05) is 7.11 Å². The zero-order valence-electron chi connectivity index (χ0n) is 17.7. The SMILES string of the molecule is CO[C@]1(c2ccc(Cl)cc2)c2c(F)cc(C(C)(C)O)cc2C(=O)N1Cc1ccc(Cl)cn1. The van der Waals surface area contributed by atoms with Gasteiger partial charge >= 0.3 is 0 Å². The Morgan fingerprint density at radius 1 is 1.12 bits per heavy atom. The maximum Gasteiger partial charge on any atom is 0.257 e. The van der Waals surface area contributed by atoms with Gasteiger partial charge in [-0.15, -0.1) is 0 Å². The summed E-state index contributed by atoms with van der Waals surface area (Å²) >= 11 is 12.0. The first-order valence-corrected chi connectivity index (χ1v) is 10.6. The Balaban J connectivity index is 1.97. The number of rotatable bonds is 5. The van der Waals surface area contributed by atoms with Gasteiger partial charge in [-0.2, -0.15) is 0 Å².